The van der Waals surface area contributed by atoms with Crippen molar-refractivity contribution in [1.29, 1.82) is 0 Å². The molecule has 13 nitrogen and oxygen atoms in total. The van der Waals surface area contributed by atoms with Crippen molar-refractivity contribution in [3.63, 3.8) is 0 Å². The second-order valence-corrected chi connectivity index (χ2v) is 8.98. The highest BCUT2D eigenvalue weighted by Crippen LogP contribution is 2.09. The van der Waals surface area contributed by atoms with Gasteiger partial charge in [0.2, 0.25) is 17.7 Å². The molecule has 0 aliphatic carbocycles. The molecule has 37 heavy (non-hydrogen) atoms. The molecule has 1 aromatic rings. The molecule has 4 unspecified atom stereocenters. The molecule has 4 atom stereocenters. The first kappa shape index (κ1) is 31.0. The van der Waals surface area contributed by atoms with Crippen LogP contribution in [0.1, 0.15) is 45.1 Å². The molecule has 0 aliphatic rings. The molecule has 8 N–H and O–H groups in total. The monoisotopic (exact) mass is 522 g/mol. The molecule has 3 amide bonds. The Morgan fingerprint density at radius 2 is 1.32 bits per heavy atom. The van der Waals surface area contributed by atoms with E-state index in [-0.39, 0.29) is 25.2 Å². The van der Waals surface area contributed by atoms with Crippen molar-refractivity contribution >= 4 is 35.6 Å². The fourth-order valence-electron chi connectivity index (χ4n) is 3.39. The van der Waals surface area contributed by atoms with Gasteiger partial charge in [-0.25, -0.2) is 4.79 Å². The minimum absolute atomic E-state index is 0.0233. The molecule has 0 aliphatic heterocycles. The molecule has 0 heterocycles. The molecule has 204 valence electrons. The summed E-state index contributed by atoms with van der Waals surface area (Å²) in [5.74, 6) is -6.50. The predicted molar refractivity (Wildman–Crippen MR) is 130 cm³/mol. The lowest BCUT2D eigenvalue weighted by atomic mass is 10.00. The van der Waals surface area contributed by atoms with Gasteiger partial charge in [-0.15, -0.1) is 0 Å². The van der Waals surface area contributed by atoms with Gasteiger partial charge in [-0.3, -0.25) is 24.0 Å². The number of carboxylic acids is 3. The number of carbonyl (C=O) groups excluding carboxylic acids is 3. The number of carboxylic acid groups (broad SMARTS) is 3. The Morgan fingerprint density at radius 3 is 1.84 bits per heavy atom. The third-order valence-corrected chi connectivity index (χ3v) is 5.25. The number of amides is 3. The maximum absolute atomic E-state index is 13.1. The fourth-order valence-corrected chi connectivity index (χ4v) is 3.39. The van der Waals surface area contributed by atoms with E-state index in [2.05, 4.69) is 16.0 Å². The van der Waals surface area contributed by atoms with Crippen LogP contribution in [0.15, 0.2) is 30.3 Å². The number of aliphatic carboxylic acids is 3. The predicted octanol–water partition coefficient (Wildman–Crippen LogP) is -0.519. The molecule has 0 bridgehead atoms. The SMILES string of the molecule is CC(C)CC(NC(=O)C(N)CC(=O)O)C(=O)NC(Cc1ccccc1)C(=O)NC(CCC(=O)O)C(=O)O. The Labute approximate surface area is 213 Å². The average Bonchev–Trinajstić information content (AvgIpc) is 2.80. The summed E-state index contributed by atoms with van der Waals surface area (Å²) >= 11 is 0. The van der Waals surface area contributed by atoms with E-state index in [1.165, 1.54) is 0 Å². The van der Waals surface area contributed by atoms with Crippen molar-refractivity contribution in [1.82, 2.24) is 16.0 Å². The third-order valence-electron chi connectivity index (χ3n) is 5.25. The van der Waals surface area contributed by atoms with Gasteiger partial charge in [0, 0.05) is 12.8 Å². The first-order valence-corrected chi connectivity index (χ1v) is 11.7. The molecule has 0 saturated heterocycles. The van der Waals surface area contributed by atoms with Crippen LogP contribution in [0.2, 0.25) is 0 Å². The summed E-state index contributed by atoms with van der Waals surface area (Å²) in [6, 6.07) is 3.26. The fraction of sp³-hybridized carbons (Fsp3) is 0.500. The normalized spacial score (nSPS) is 14.1. The molecule has 1 aromatic carbocycles. The maximum Gasteiger partial charge on any atom is 0.326 e. The highest BCUT2D eigenvalue weighted by molar-refractivity contribution is 5.95. The van der Waals surface area contributed by atoms with Gasteiger partial charge in [0.05, 0.1) is 12.5 Å². The van der Waals surface area contributed by atoms with Crippen LogP contribution in [0.25, 0.3) is 0 Å². The largest absolute Gasteiger partial charge is 0.481 e. The topological polar surface area (TPSA) is 225 Å². The Kier molecular flexibility index (Phi) is 12.7. The van der Waals surface area contributed by atoms with Crippen molar-refractivity contribution in [2.24, 2.45) is 11.7 Å². The number of hydrogen-bond acceptors (Lipinski definition) is 7. The van der Waals surface area contributed by atoms with Gasteiger partial charge in [-0.1, -0.05) is 44.2 Å². The summed E-state index contributed by atoms with van der Waals surface area (Å²) in [4.78, 5) is 71.8. The van der Waals surface area contributed by atoms with Gasteiger partial charge in [0.25, 0.3) is 0 Å². The lowest BCUT2D eigenvalue weighted by Gasteiger charge is -2.26. The molecule has 0 fully saturated rings. The summed E-state index contributed by atoms with van der Waals surface area (Å²) < 4.78 is 0. The second-order valence-electron chi connectivity index (χ2n) is 8.98. The average molecular weight is 523 g/mol. The first-order valence-electron chi connectivity index (χ1n) is 11.7. The lowest BCUT2D eigenvalue weighted by Crippen LogP contribution is -2.58. The Morgan fingerprint density at radius 1 is 0.784 bits per heavy atom. The minimum Gasteiger partial charge on any atom is -0.481 e. The van der Waals surface area contributed by atoms with E-state index < -0.39 is 72.6 Å². The van der Waals surface area contributed by atoms with Crippen LogP contribution in [0.3, 0.4) is 0 Å². The molecule has 0 saturated carbocycles. The molecular formula is C24H34N4O9. The number of rotatable bonds is 16. The smallest absolute Gasteiger partial charge is 0.326 e. The Bertz CT molecular complexity index is 968. The van der Waals surface area contributed by atoms with E-state index in [4.69, 9.17) is 15.9 Å². The molecule has 0 radical (unpaired) electrons. The zero-order chi connectivity index (χ0) is 28.1. The van der Waals surface area contributed by atoms with E-state index in [0.717, 1.165) is 0 Å². The van der Waals surface area contributed by atoms with Crippen LogP contribution >= 0.6 is 0 Å². The molecular weight excluding hydrogens is 488 g/mol. The second kappa shape index (κ2) is 15.2. The van der Waals surface area contributed by atoms with Crippen molar-refractivity contribution in [2.45, 2.75) is 70.1 Å². The molecule has 13 heteroatoms. The summed E-state index contributed by atoms with van der Waals surface area (Å²) in [6.45, 7) is 3.58. The van der Waals surface area contributed by atoms with E-state index in [9.17, 15) is 33.9 Å². The van der Waals surface area contributed by atoms with Crippen molar-refractivity contribution in [2.75, 3.05) is 0 Å². The van der Waals surface area contributed by atoms with Crippen LogP contribution in [0.4, 0.5) is 0 Å². The standard InChI is InChI=1S/C24H34N4O9/c1-13(2)10-17(27-21(33)15(25)12-20(31)32)22(34)28-18(11-14-6-4-3-5-7-14)23(35)26-16(24(36)37)8-9-19(29)30/h3-7,13,15-18H,8-12,25H2,1-2H3,(H,26,35)(H,27,33)(H,28,34)(H,29,30)(H,31,32)(H,36,37). The zero-order valence-corrected chi connectivity index (χ0v) is 20.7. The molecule has 1 rings (SSSR count). The van der Waals surface area contributed by atoms with Crippen LogP contribution in [0.5, 0.6) is 0 Å². The third kappa shape index (κ3) is 12.0. The van der Waals surface area contributed by atoms with Crippen molar-refractivity contribution < 1.29 is 44.1 Å². The Hall–Kier alpha value is -4.00. The number of nitrogens with one attached hydrogen (secondary N) is 3. The minimum atomic E-state index is -1.50. The van der Waals surface area contributed by atoms with Crippen molar-refractivity contribution in [3.8, 4) is 0 Å². The van der Waals surface area contributed by atoms with Gasteiger partial charge in [0.15, 0.2) is 0 Å². The van der Waals surface area contributed by atoms with Crippen LogP contribution in [-0.2, 0) is 35.2 Å². The maximum atomic E-state index is 13.1. The summed E-state index contributed by atoms with van der Waals surface area (Å²) in [5.41, 5.74) is 6.24. The highest BCUT2D eigenvalue weighted by atomic mass is 16.4. The number of benzene rings is 1. The summed E-state index contributed by atoms with van der Waals surface area (Å²) in [7, 11) is 0. The quantitative estimate of drug-likeness (QED) is 0.147. The summed E-state index contributed by atoms with van der Waals surface area (Å²) in [6.07, 6.45) is -1.38. The van der Waals surface area contributed by atoms with E-state index in [0.29, 0.717) is 5.56 Å². The number of carbonyl (C=O) groups is 6. The van der Waals surface area contributed by atoms with E-state index >= 15 is 0 Å². The van der Waals surface area contributed by atoms with E-state index in [1.54, 1.807) is 44.2 Å². The van der Waals surface area contributed by atoms with Gasteiger partial charge < -0.3 is 37.0 Å². The zero-order valence-electron chi connectivity index (χ0n) is 20.7. The lowest BCUT2D eigenvalue weighted by molar-refractivity contribution is -0.143. The van der Waals surface area contributed by atoms with Crippen LogP contribution < -0.4 is 21.7 Å². The van der Waals surface area contributed by atoms with Crippen LogP contribution in [-0.4, -0.2) is 75.1 Å². The van der Waals surface area contributed by atoms with E-state index in [1.807, 2.05) is 0 Å². The number of nitrogens with two attached hydrogens (primary N) is 1. The summed E-state index contributed by atoms with van der Waals surface area (Å²) in [5, 5.41) is 34.3. The molecule has 0 spiro atoms. The Balaban J connectivity index is 3.12. The van der Waals surface area contributed by atoms with Gasteiger partial charge in [0.1, 0.15) is 18.1 Å². The highest BCUT2D eigenvalue weighted by Gasteiger charge is 2.31. The van der Waals surface area contributed by atoms with Gasteiger partial charge in [-0.2, -0.15) is 0 Å². The van der Waals surface area contributed by atoms with Gasteiger partial charge in [-0.05, 0) is 24.3 Å². The van der Waals surface area contributed by atoms with Gasteiger partial charge >= 0.3 is 17.9 Å². The van der Waals surface area contributed by atoms with Crippen LogP contribution in [0, 0.1) is 5.92 Å². The number of hydrogen-bond donors (Lipinski definition) is 7. The van der Waals surface area contributed by atoms with Crippen molar-refractivity contribution in [3.05, 3.63) is 35.9 Å². The first-order chi connectivity index (χ1) is 17.3. The molecule has 0 aromatic heterocycles.